The second-order valence-electron chi connectivity index (χ2n) is 3.48. The number of rotatable bonds is 9. The summed E-state index contributed by atoms with van der Waals surface area (Å²) in [4.78, 5) is 3.96. The highest BCUT2D eigenvalue weighted by molar-refractivity contribution is 5.13. The summed E-state index contributed by atoms with van der Waals surface area (Å²) in [5, 5.41) is 0. The molecule has 1 aromatic heterocycles. The largest absolute Gasteiger partial charge is 0.382 e. The van der Waals surface area contributed by atoms with E-state index in [2.05, 4.69) is 4.98 Å². The Labute approximate surface area is 102 Å². The molecule has 1 rings (SSSR count). The Morgan fingerprint density at radius 3 is 2.53 bits per heavy atom. The van der Waals surface area contributed by atoms with Crippen LogP contribution in [0, 0.1) is 0 Å². The fraction of sp³-hybridized carbons (Fsp3) is 0.583. The van der Waals surface area contributed by atoms with Gasteiger partial charge in [-0.25, -0.2) is 0 Å². The molecule has 0 spiro atoms. The maximum absolute atomic E-state index is 5.66. The number of pyridine rings is 1. The molecule has 0 saturated heterocycles. The Balaban J connectivity index is 2.20. The SMILES string of the molecule is COCCOCCOC(CN)c1ccncc1. The first kappa shape index (κ1) is 14.1. The minimum absolute atomic E-state index is 0.0935. The average molecular weight is 240 g/mol. The first-order valence-corrected chi connectivity index (χ1v) is 5.66. The first-order chi connectivity index (χ1) is 8.38. The van der Waals surface area contributed by atoms with Crippen LogP contribution in [-0.4, -0.2) is 45.1 Å². The Morgan fingerprint density at radius 2 is 1.88 bits per heavy atom. The van der Waals surface area contributed by atoms with Crippen molar-refractivity contribution in [3.63, 3.8) is 0 Å². The van der Waals surface area contributed by atoms with Gasteiger partial charge in [-0.15, -0.1) is 0 Å². The van der Waals surface area contributed by atoms with Gasteiger partial charge >= 0.3 is 0 Å². The van der Waals surface area contributed by atoms with E-state index in [1.807, 2.05) is 12.1 Å². The molecule has 0 aliphatic heterocycles. The summed E-state index contributed by atoms with van der Waals surface area (Å²) in [6, 6.07) is 3.81. The fourth-order valence-electron chi connectivity index (χ4n) is 1.37. The van der Waals surface area contributed by atoms with Crippen LogP contribution in [0.3, 0.4) is 0 Å². The van der Waals surface area contributed by atoms with Gasteiger partial charge in [-0.1, -0.05) is 0 Å². The molecule has 0 bridgehead atoms. The van der Waals surface area contributed by atoms with E-state index in [0.29, 0.717) is 33.0 Å². The lowest BCUT2D eigenvalue weighted by Crippen LogP contribution is -2.18. The van der Waals surface area contributed by atoms with Crippen LogP contribution in [0.2, 0.25) is 0 Å². The molecule has 17 heavy (non-hydrogen) atoms. The first-order valence-electron chi connectivity index (χ1n) is 5.66. The van der Waals surface area contributed by atoms with Crippen LogP contribution < -0.4 is 5.73 Å². The van der Waals surface area contributed by atoms with Gasteiger partial charge in [0.25, 0.3) is 0 Å². The van der Waals surface area contributed by atoms with Crippen LogP contribution in [-0.2, 0) is 14.2 Å². The quantitative estimate of drug-likeness (QED) is 0.645. The second-order valence-corrected chi connectivity index (χ2v) is 3.48. The number of methoxy groups -OCH3 is 1. The van der Waals surface area contributed by atoms with E-state index in [1.54, 1.807) is 19.5 Å². The van der Waals surface area contributed by atoms with Gasteiger partial charge in [0.1, 0.15) is 0 Å². The Hall–Kier alpha value is -1.01. The number of nitrogens with two attached hydrogens (primary N) is 1. The topological polar surface area (TPSA) is 66.6 Å². The van der Waals surface area contributed by atoms with E-state index in [4.69, 9.17) is 19.9 Å². The van der Waals surface area contributed by atoms with Gasteiger partial charge in [-0.05, 0) is 17.7 Å². The van der Waals surface area contributed by atoms with Crippen molar-refractivity contribution in [3.05, 3.63) is 30.1 Å². The molecular weight excluding hydrogens is 220 g/mol. The monoisotopic (exact) mass is 240 g/mol. The number of nitrogens with zero attached hydrogens (tertiary/aromatic N) is 1. The van der Waals surface area contributed by atoms with E-state index in [0.717, 1.165) is 5.56 Å². The molecule has 0 aliphatic rings. The molecule has 1 heterocycles. The van der Waals surface area contributed by atoms with Crippen molar-refractivity contribution in [1.82, 2.24) is 4.98 Å². The van der Waals surface area contributed by atoms with E-state index in [1.165, 1.54) is 0 Å². The maximum Gasteiger partial charge on any atom is 0.0949 e. The zero-order chi connectivity index (χ0) is 12.3. The molecule has 0 amide bonds. The van der Waals surface area contributed by atoms with Gasteiger partial charge < -0.3 is 19.9 Å². The van der Waals surface area contributed by atoms with Crippen molar-refractivity contribution in [2.45, 2.75) is 6.10 Å². The molecule has 5 nitrogen and oxygen atoms in total. The van der Waals surface area contributed by atoms with Crippen molar-refractivity contribution >= 4 is 0 Å². The third-order valence-electron chi connectivity index (χ3n) is 2.27. The molecule has 96 valence electrons. The van der Waals surface area contributed by atoms with Crippen LogP contribution >= 0.6 is 0 Å². The Morgan fingerprint density at radius 1 is 1.18 bits per heavy atom. The van der Waals surface area contributed by atoms with E-state index < -0.39 is 0 Å². The van der Waals surface area contributed by atoms with Gasteiger partial charge in [-0.2, -0.15) is 0 Å². The maximum atomic E-state index is 5.66. The third-order valence-corrected chi connectivity index (χ3v) is 2.27. The predicted octanol–water partition coefficient (Wildman–Crippen LogP) is 0.761. The fourth-order valence-corrected chi connectivity index (χ4v) is 1.37. The summed E-state index contributed by atoms with van der Waals surface area (Å²) < 4.78 is 15.8. The highest BCUT2D eigenvalue weighted by Crippen LogP contribution is 2.14. The van der Waals surface area contributed by atoms with E-state index in [9.17, 15) is 0 Å². The predicted molar refractivity (Wildman–Crippen MR) is 64.7 cm³/mol. The standard InChI is InChI=1S/C12H20N2O3/c1-15-6-7-16-8-9-17-12(10-13)11-2-4-14-5-3-11/h2-5,12H,6-10,13H2,1H3. The van der Waals surface area contributed by atoms with Gasteiger partial charge in [0, 0.05) is 26.0 Å². The Kier molecular flexibility index (Phi) is 7.49. The summed E-state index contributed by atoms with van der Waals surface area (Å²) in [6.45, 7) is 2.70. The van der Waals surface area contributed by atoms with Crippen molar-refractivity contribution in [2.24, 2.45) is 5.73 Å². The number of aromatic nitrogens is 1. The van der Waals surface area contributed by atoms with Gasteiger partial charge in [0.05, 0.1) is 32.5 Å². The lowest BCUT2D eigenvalue weighted by atomic mass is 10.1. The molecule has 0 radical (unpaired) electrons. The van der Waals surface area contributed by atoms with E-state index in [-0.39, 0.29) is 6.10 Å². The molecule has 0 saturated carbocycles. The lowest BCUT2D eigenvalue weighted by molar-refractivity contribution is -0.00424. The molecule has 5 heteroatoms. The van der Waals surface area contributed by atoms with Crippen molar-refractivity contribution in [3.8, 4) is 0 Å². The van der Waals surface area contributed by atoms with Crippen molar-refractivity contribution in [2.75, 3.05) is 40.1 Å². The van der Waals surface area contributed by atoms with E-state index >= 15 is 0 Å². The van der Waals surface area contributed by atoms with Gasteiger partial charge in [-0.3, -0.25) is 4.98 Å². The minimum Gasteiger partial charge on any atom is -0.382 e. The zero-order valence-electron chi connectivity index (χ0n) is 10.2. The normalized spacial score (nSPS) is 12.6. The van der Waals surface area contributed by atoms with Crippen LogP contribution in [0.1, 0.15) is 11.7 Å². The highest BCUT2D eigenvalue weighted by Gasteiger charge is 2.08. The average Bonchev–Trinajstić information content (AvgIpc) is 2.39. The second kappa shape index (κ2) is 9.07. The third kappa shape index (κ3) is 5.74. The van der Waals surface area contributed by atoms with Crippen LogP contribution in [0.15, 0.2) is 24.5 Å². The van der Waals surface area contributed by atoms with Crippen LogP contribution in [0.5, 0.6) is 0 Å². The number of ether oxygens (including phenoxy) is 3. The zero-order valence-corrected chi connectivity index (χ0v) is 10.2. The van der Waals surface area contributed by atoms with Gasteiger partial charge in [0.15, 0.2) is 0 Å². The smallest absolute Gasteiger partial charge is 0.0949 e. The molecule has 1 aromatic rings. The summed E-state index contributed by atoms with van der Waals surface area (Å²) in [5.74, 6) is 0. The molecule has 0 fully saturated rings. The Bertz CT molecular complexity index is 282. The van der Waals surface area contributed by atoms with Gasteiger partial charge in [0.2, 0.25) is 0 Å². The molecule has 0 aromatic carbocycles. The molecule has 0 aliphatic carbocycles. The number of hydrogen-bond acceptors (Lipinski definition) is 5. The van der Waals surface area contributed by atoms with Crippen molar-refractivity contribution < 1.29 is 14.2 Å². The lowest BCUT2D eigenvalue weighted by Gasteiger charge is -2.16. The summed E-state index contributed by atoms with van der Waals surface area (Å²) in [5.41, 5.74) is 6.70. The van der Waals surface area contributed by atoms with Crippen LogP contribution in [0.4, 0.5) is 0 Å². The summed E-state index contributed by atoms with van der Waals surface area (Å²) in [7, 11) is 1.65. The molecular formula is C12H20N2O3. The summed E-state index contributed by atoms with van der Waals surface area (Å²) >= 11 is 0. The van der Waals surface area contributed by atoms with Crippen molar-refractivity contribution in [1.29, 1.82) is 0 Å². The van der Waals surface area contributed by atoms with Crippen LogP contribution in [0.25, 0.3) is 0 Å². The molecule has 1 unspecified atom stereocenters. The highest BCUT2D eigenvalue weighted by atomic mass is 16.5. The molecule has 1 atom stereocenters. The minimum atomic E-state index is -0.0935. The molecule has 2 N–H and O–H groups in total. The number of hydrogen-bond donors (Lipinski definition) is 1. The summed E-state index contributed by atoms with van der Waals surface area (Å²) in [6.07, 6.45) is 3.37.